The molecule has 0 saturated carbocycles. The molecule has 22 heavy (non-hydrogen) atoms. The lowest BCUT2D eigenvalue weighted by Gasteiger charge is -2.25. The predicted molar refractivity (Wildman–Crippen MR) is 92.5 cm³/mol. The van der Waals surface area contributed by atoms with E-state index in [-0.39, 0.29) is 18.3 Å². The van der Waals surface area contributed by atoms with E-state index in [2.05, 4.69) is 35.3 Å². The molecule has 122 valence electrons. The highest BCUT2D eigenvalue weighted by Gasteiger charge is 2.32. The number of benzene rings is 1. The first-order valence-corrected chi connectivity index (χ1v) is 8.21. The van der Waals surface area contributed by atoms with E-state index >= 15 is 0 Å². The van der Waals surface area contributed by atoms with Crippen molar-refractivity contribution in [3.8, 4) is 0 Å². The Morgan fingerprint density at radius 2 is 1.86 bits per heavy atom. The van der Waals surface area contributed by atoms with Crippen molar-refractivity contribution in [2.45, 2.75) is 32.6 Å². The average Bonchev–Trinajstić information content (AvgIpc) is 2.84. The summed E-state index contributed by atoms with van der Waals surface area (Å²) in [5, 5.41) is 3.49. The van der Waals surface area contributed by atoms with Gasteiger partial charge in [-0.25, -0.2) is 0 Å². The number of likely N-dealkylation sites (tertiary alicyclic amines) is 1. The lowest BCUT2D eigenvalue weighted by molar-refractivity contribution is -0.132. The molecular formula is C18H27ClN2O. The predicted octanol–water partition coefficient (Wildman–Crippen LogP) is 2.98. The molecular weight excluding hydrogens is 296 g/mol. The number of rotatable bonds is 2. The van der Waals surface area contributed by atoms with Crippen LogP contribution in [-0.2, 0) is 4.79 Å². The average molecular weight is 323 g/mol. The van der Waals surface area contributed by atoms with Gasteiger partial charge in [0.05, 0.1) is 5.92 Å². The maximum absolute atomic E-state index is 12.8. The fraction of sp³-hybridized carbons (Fsp3) is 0.611. The summed E-state index contributed by atoms with van der Waals surface area (Å²) < 4.78 is 0. The number of hydrogen-bond donors (Lipinski definition) is 1. The smallest absolute Gasteiger partial charge is 0.229 e. The molecule has 2 aliphatic heterocycles. The summed E-state index contributed by atoms with van der Waals surface area (Å²) in [5.74, 6) is 1.82. The molecule has 3 atom stereocenters. The summed E-state index contributed by atoms with van der Waals surface area (Å²) in [4.78, 5) is 14.9. The maximum atomic E-state index is 12.8. The van der Waals surface area contributed by atoms with Gasteiger partial charge in [-0.1, -0.05) is 29.8 Å². The monoisotopic (exact) mass is 322 g/mol. The first kappa shape index (κ1) is 17.3. The van der Waals surface area contributed by atoms with Gasteiger partial charge in [0.2, 0.25) is 5.91 Å². The number of carbonyl (C=O) groups excluding carboxylic acids is 1. The Morgan fingerprint density at radius 1 is 1.23 bits per heavy atom. The molecule has 4 heteroatoms. The molecule has 0 bridgehead atoms. The molecule has 3 nitrogen and oxygen atoms in total. The summed E-state index contributed by atoms with van der Waals surface area (Å²) in [7, 11) is 0. The topological polar surface area (TPSA) is 32.3 Å². The summed E-state index contributed by atoms with van der Waals surface area (Å²) >= 11 is 0. The Bertz CT molecular complexity index is 506. The van der Waals surface area contributed by atoms with Gasteiger partial charge < -0.3 is 10.2 Å². The Hall–Kier alpha value is -1.06. The van der Waals surface area contributed by atoms with Gasteiger partial charge in [-0.05, 0) is 57.2 Å². The molecule has 0 spiro atoms. The van der Waals surface area contributed by atoms with Crippen LogP contribution in [0.15, 0.2) is 24.3 Å². The van der Waals surface area contributed by atoms with E-state index in [9.17, 15) is 4.79 Å². The van der Waals surface area contributed by atoms with Crippen LogP contribution in [0.5, 0.6) is 0 Å². The van der Waals surface area contributed by atoms with E-state index in [1.807, 2.05) is 13.0 Å². The fourth-order valence-corrected chi connectivity index (χ4v) is 3.79. The number of aryl methyl sites for hydroxylation is 1. The number of carbonyl (C=O) groups is 1. The number of fused-ring (bicyclic) bond motifs is 1. The fourth-order valence-electron chi connectivity index (χ4n) is 3.79. The minimum Gasteiger partial charge on any atom is -0.342 e. The van der Waals surface area contributed by atoms with E-state index < -0.39 is 0 Å². The van der Waals surface area contributed by atoms with Crippen molar-refractivity contribution in [3.63, 3.8) is 0 Å². The van der Waals surface area contributed by atoms with Crippen molar-refractivity contribution in [1.82, 2.24) is 10.2 Å². The van der Waals surface area contributed by atoms with Crippen LogP contribution in [-0.4, -0.2) is 37.0 Å². The van der Waals surface area contributed by atoms with Crippen LogP contribution in [0.3, 0.4) is 0 Å². The SMILES string of the molecule is Cc1cccc(C(C)C(=O)N2CC[C@@H]3CNC[C@@H]3CC2)c1.Cl. The third-order valence-corrected chi connectivity index (χ3v) is 5.24. The van der Waals surface area contributed by atoms with E-state index in [0.717, 1.165) is 56.4 Å². The van der Waals surface area contributed by atoms with E-state index in [4.69, 9.17) is 0 Å². The van der Waals surface area contributed by atoms with Gasteiger partial charge in [0.15, 0.2) is 0 Å². The van der Waals surface area contributed by atoms with Crippen LogP contribution in [0, 0.1) is 18.8 Å². The van der Waals surface area contributed by atoms with Gasteiger partial charge in [-0.3, -0.25) is 4.79 Å². The van der Waals surface area contributed by atoms with Gasteiger partial charge in [0.1, 0.15) is 0 Å². The van der Waals surface area contributed by atoms with Crippen LogP contribution >= 0.6 is 12.4 Å². The maximum Gasteiger partial charge on any atom is 0.229 e. The molecule has 2 saturated heterocycles. The Balaban J connectivity index is 0.00000176. The second-order valence-electron chi connectivity index (χ2n) is 6.72. The minimum absolute atomic E-state index is 0. The Kier molecular flexibility index (Phi) is 5.87. The Labute approximate surface area is 139 Å². The molecule has 2 aliphatic rings. The van der Waals surface area contributed by atoms with Gasteiger partial charge in [0.25, 0.3) is 0 Å². The van der Waals surface area contributed by atoms with Crippen LogP contribution in [0.2, 0.25) is 0 Å². The van der Waals surface area contributed by atoms with E-state index in [0.29, 0.717) is 5.91 Å². The largest absolute Gasteiger partial charge is 0.342 e. The molecule has 2 fully saturated rings. The van der Waals surface area contributed by atoms with Gasteiger partial charge >= 0.3 is 0 Å². The highest BCUT2D eigenvalue weighted by Crippen LogP contribution is 2.28. The number of halogens is 1. The van der Waals surface area contributed by atoms with Crippen molar-refractivity contribution in [1.29, 1.82) is 0 Å². The van der Waals surface area contributed by atoms with Crippen LogP contribution in [0.25, 0.3) is 0 Å². The zero-order chi connectivity index (χ0) is 14.8. The standard InChI is InChI=1S/C18H26N2O.ClH/c1-13-4-3-5-15(10-13)14(2)18(21)20-8-6-16-11-19-12-17(16)7-9-20;/h3-5,10,14,16-17,19H,6-9,11-12H2,1-2H3;1H/t14?,16-,17+;. The molecule has 1 amide bonds. The highest BCUT2D eigenvalue weighted by atomic mass is 35.5. The molecule has 1 N–H and O–H groups in total. The summed E-state index contributed by atoms with van der Waals surface area (Å²) in [6.07, 6.45) is 2.31. The molecule has 2 heterocycles. The summed E-state index contributed by atoms with van der Waals surface area (Å²) in [6.45, 7) is 8.27. The molecule has 0 aromatic heterocycles. The van der Waals surface area contributed by atoms with Crippen molar-refractivity contribution in [2.24, 2.45) is 11.8 Å². The van der Waals surface area contributed by atoms with E-state index in [1.165, 1.54) is 5.56 Å². The van der Waals surface area contributed by atoms with Crippen LogP contribution in [0.4, 0.5) is 0 Å². The normalized spacial score (nSPS) is 25.8. The summed E-state index contributed by atoms with van der Waals surface area (Å²) in [6, 6.07) is 8.35. The number of amides is 1. The van der Waals surface area contributed by atoms with Gasteiger partial charge in [0, 0.05) is 13.1 Å². The second-order valence-corrected chi connectivity index (χ2v) is 6.72. The van der Waals surface area contributed by atoms with Crippen LogP contribution in [0.1, 0.15) is 36.8 Å². The van der Waals surface area contributed by atoms with Crippen molar-refractivity contribution in [3.05, 3.63) is 35.4 Å². The Morgan fingerprint density at radius 3 is 2.45 bits per heavy atom. The lowest BCUT2D eigenvalue weighted by Crippen LogP contribution is -2.35. The van der Waals surface area contributed by atoms with Crippen LogP contribution < -0.4 is 5.32 Å². The lowest BCUT2D eigenvalue weighted by atomic mass is 9.92. The zero-order valence-corrected chi connectivity index (χ0v) is 14.4. The van der Waals surface area contributed by atoms with E-state index in [1.54, 1.807) is 0 Å². The zero-order valence-electron chi connectivity index (χ0n) is 13.5. The summed E-state index contributed by atoms with van der Waals surface area (Å²) in [5.41, 5.74) is 2.37. The number of nitrogens with zero attached hydrogens (tertiary/aromatic N) is 1. The minimum atomic E-state index is -0.0269. The molecule has 3 rings (SSSR count). The molecule has 0 aliphatic carbocycles. The number of hydrogen-bond acceptors (Lipinski definition) is 2. The molecule has 1 unspecified atom stereocenters. The van der Waals surface area contributed by atoms with Gasteiger partial charge in [-0.15, -0.1) is 12.4 Å². The molecule has 0 radical (unpaired) electrons. The molecule has 1 aromatic rings. The van der Waals surface area contributed by atoms with Crippen molar-refractivity contribution >= 4 is 18.3 Å². The van der Waals surface area contributed by atoms with Crippen molar-refractivity contribution < 1.29 is 4.79 Å². The third kappa shape index (κ3) is 3.64. The quantitative estimate of drug-likeness (QED) is 0.908. The third-order valence-electron chi connectivity index (χ3n) is 5.24. The second kappa shape index (κ2) is 7.47. The highest BCUT2D eigenvalue weighted by molar-refractivity contribution is 5.85. The van der Waals surface area contributed by atoms with Gasteiger partial charge in [-0.2, -0.15) is 0 Å². The first-order chi connectivity index (χ1) is 10.1. The van der Waals surface area contributed by atoms with Crippen molar-refractivity contribution in [2.75, 3.05) is 26.2 Å². The molecule has 1 aromatic carbocycles. The number of nitrogens with one attached hydrogen (secondary N) is 1. The first-order valence-electron chi connectivity index (χ1n) is 8.21.